The number of rotatable bonds is 3. The van der Waals surface area contributed by atoms with Gasteiger partial charge in [0.15, 0.2) is 5.78 Å². The van der Waals surface area contributed by atoms with E-state index in [1.54, 1.807) is 30.5 Å². The fourth-order valence-electron chi connectivity index (χ4n) is 1.49. The summed E-state index contributed by atoms with van der Waals surface area (Å²) in [5, 5.41) is 1.08. The first-order valence-corrected chi connectivity index (χ1v) is 6.69. The summed E-state index contributed by atoms with van der Waals surface area (Å²) in [5.41, 5.74) is 1.36. The highest BCUT2D eigenvalue weighted by molar-refractivity contribution is 9.10. The van der Waals surface area contributed by atoms with Crippen molar-refractivity contribution in [3.63, 3.8) is 0 Å². The van der Waals surface area contributed by atoms with Gasteiger partial charge in [-0.25, -0.2) is 0 Å². The van der Waals surface area contributed by atoms with E-state index in [4.69, 9.17) is 23.2 Å². The maximum atomic E-state index is 12.1. The first kappa shape index (κ1) is 13.5. The molecule has 0 unspecified atom stereocenters. The highest BCUT2D eigenvalue weighted by atomic mass is 79.9. The number of aromatic nitrogens is 1. The van der Waals surface area contributed by atoms with Crippen molar-refractivity contribution in [1.82, 2.24) is 4.98 Å². The van der Waals surface area contributed by atoms with Gasteiger partial charge in [0.1, 0.15) is 0 Å². The van der Waals surface area contributed by atoms with Gasteiger partial charge in [0, 0.05) is 28.9 Å². The number of ketones is 1. The molecule has 1 aromatic carbocycles. The van der Waals surface area contributed by atoms with Gasteiger partial charge in [-0.3, -0.25) is 9.78 Å². The molecule has 0 bridgehead atoms. The van der Waals surface area contributed by atoms with Crippen LogP contribution in [0.2, 0.25) is 10.0 Å². The van der Waals surface area contributed by atoms with Gasteiger partial charge in [0.05, 0.1) is 10.0 Å². The lowest BCUT2D eigenvalue weighted by Gasteiger charge is -2.04. The molecule has 0 atom stereocenters. The smallest absolute Gasteiger partial charge is 0.167 e. The highest BCUT2D eigenvalue weighted by Gasteiger charge is 2.11. The molecule has 5 heteroatoms. The van der Waals surface area contributed by atoms with Crippen LogP contribution >= 0.6 is 39.1 Å². The van der Waals surface area contributed by atoms with Crippen LogP contribution in [-0.4, -0.2) is 10.8 Å². The van der Waals surface area contributed by atoms with Crippen LogP contribution in [0.3, 0.4) is 0 Å². The van der Waals surface area contributed by atoms with Gasteiger partial charge in [0.25, 0.3) is 0 Å². The molecule has 0 radical (unpaired) electrons. The molecule has 2 nitrogen and oxygen atoms in total. The quantitative estimate of drug-likeness (QED) is 0.763. The van der Waals surface area contributed by atoms with Gasteiger partial charge >= 0.3 is 0 Å². The van der Waals surface area contributed by atoms with Crippen LogP contribution in [-0.2, 0) is 6.42 Å². The number of carbonyl (C=O) groups is 1. The van der Waals surface area contributed by atoms with Crippen LogP contribution in [0, 0.1) is 0 Å². The van der Waals surface area contributed by atoms with E-state index in [0.29, 0.717) is 20.1 Å². The number of hydrogen-bond donors (Lipinski definition) is 0. The summed E-state index contributed by atoms with van der Waals surface area (Å²) in [5.74, 6) is -0.0135. The van der Waals surface area contributed by atoms with Crippen molar-refractivity contribution in [2.45, 2.75) is 6.42 Å². The fraction of sp³-hybridized carbons (Fsp3) is 0.0769. The number of Topliss-reactive ketones (excluding diaryl/α,β-unsaturated/α-hetero) is 1. The van der Waals surface area contributed by atoms with Gasteiger partial charge in [0.2, 0.25) is 0 Å². The molecular formula is C13H8BrCl2NO. The second kappa shape index (κ2) is 5.83. The number of hydrogen-bond acceptors (Lipinski definition) is 2. The second-order valence-electron chi connectivity index (χ2n) is 3.70. The summed E-state index contributed by atoms with van der Waals surface area (Å²) < 4.78 is 0.704. The van der Waals surface area contributed by atoms with Crippen LogP contribution < -0.4 is 0 Å². The van der Waals surface area contributed by atoms with Crippen molar-refractivity contribution in [1.29, 1.82) is 0 Å². The van der Waals surface area contributed by atoms with E-state index in [0.717, 1.165) is 5.56 Å². The Balaban J connectivity index is 2.22. The van der Waals surface area contributed by atoms with Gasteiger partial charge in [-0.15, -0.1) is 0 Å². The number of pyridine rings is 1. The Hall–Kier alpha value is -0.900. The van der Waals surface area contributed by atoms with E-state index >= 15 is 0 Å². The molecule has 2 rings (SSSR count). The van der Waals surface area contributed by atoms with Crippen LogP contribution in [0.25, 0.3) is 0 Å². The molecule has 0 aliphatic carbocycles. The molecular weight excluding hydrogens is 337 g/mol. The largest absolute Gasteiger partial charge is 0.294 e. The van der Waals surface area contributed by atoms with Gasteiger partial charge in [-0.05, 0) is 45.8 Å². The van der Waals surface area contributed by atoms with E-state index in [1.165, 1.54) is 6.20 Å². The zero-order valence-electron chi connectivity index (χ0n) is 9.16. The summed E-state index contributed by atoms with van der Waals surface area (Å²) in [4.78, 5) is 16.0. The van der Waals surface area contributed by atoms with Gasteiger partial charge < -0.3 is 0 Å². The standard InChI is InChI=1S/C13H8BrCl2NO/c14-10-5-9(1-2-11(10)15)13(18)6-8-3-4-17-7-12(8)16/h1-5,7H,6H2. The molecule has 0 aliphatic rings. The predicted molar refractivity (Wildman–Crippen MR) is 76.4 cm³/mol. The van der Waals surface area contributed by atoms with Crippen molar-refractivity contribution in [3.8, 4) is 0 Å². The third-order valence-corrected chi connectivity index (χ3v) is 4.00. The maximum Gasteiger partial charge on any atom is 0.167 e. The molecule has 0 saturated heterocycles. The Kier molecular flexibility index (Phi) is 4.38. The highest BCUT2D eigenvalue weighted by Crippen LogP contribution is 2.24. The van der Waals surface area contributed by atoms with E-state index in [2.05, 4.69) is 20.9 Å². The number of nitrogens with zero attached hydrogens (tertiary/aromatic N) is 1. The first-order chi connectivity index (χ1) is 8.58. The third kappa shape index (κ3) is 3.10. The summed E-state index contributed by atoms with van der Waals surface area (Å²) in [6.45, 7) is 0. The molecule has 0 amide bonds. The normalized spacial score (nSPS) is 10.4. The fourth-order valence-corrected chi connectivity index (χ4v) is 2.17. The minimum absolute atomic E-state index is 0.0135. The number of carbonyl (C=O) groups excluding carboxylic acids is 1. The van der Waals surface area contributed by atoms with Crippen molar-refractivity contribution in [2.24, 2.45) is 0 Å². The second-order valence-corrected chi connectivity index (χ2v) is 5.36. The van der Waals surface area contributed by atoms with E-state index in [1.807, 2.05) is 0 Å². The van der Waals surface area contributed by atoms with E-state index in [9.17, 15) is 4.79 Å². The predicted octanol–water partition coefficient (Wildman–Crippen LogP) is 4.58. The molecule has 1 heterocycles. The number of halogens is 3. The molecule has 18 heavy (non-hydrogen) atoms. The average molecular weight is 345 g/mol. The molecule has 0 fully saturated rings. The Morgan fingerprint density at radius 3 is 2.67 bits per heavy atom. The maximum absolute atomic E-state index is 12.1. The summed E-state index contributed by atoms with van der Waals surface area (Å²) in [6, 6.07) is 6.84. The lowest BCUT2D eigenvalue weighted by atomic mass is 10.0. The molecule has 2 aromatic rings. The average Bonchev–Trinajstić information content (AvgIpc) is 2.35. The molecule has 0 saturated carbocycles. The Morgan fingerprint density at radius 1 is 1.22 bits per heavy atom. The Labute approximate surface area is 123 Å². The Morgan fingerprint density at radius 2 is 2.00 bits per heavy atom. The van der Waals surface area contributed by atoms with Crippen molar-refractivity contribution < 1.29 is 4.79 Å². The van der Waals surface area contributed by atoms with Gasteiger partial charge in [-0.2, -0.15) is 0 Å². The summed E-state index contributed by atoms with van der Waals surface area (Å²) in [6.07, 6.45) is 3.39. The summed E-state index contributed by atoms with van der Waals surface area (Å²) >= 11 is 15.1. The third-order valence-electron chi connectivity index (χ3n) is 2.45. The van der Waals surface area contributed by atoms with E-state index in [-0.39, 0.29) is 12.2 Å². The Bertz CT molecular complexity index is 601. The molecule has 0 N–H and O–H groups in total. The minimum atomic E-state index is -0.0135. The minimum Gasteiger partial charge on any atom is -0.294 e. The van der Waals surface area contributed by atoms with Crippen LogP contribution in [0.4, 0.5) is 0 Å². The van der Waals surface area contributed by atoms with Crippen molar-refractivity contribution >= 4 is 44.9 Å². The van der Waals surface area contributed by atoms with E-state index < -0.39 is 0 Å². The van der Waals surface area contributed by atoms with Gasteiger partial charge in [-0.1, -0.05) is 23.2 Å². The van der Waals surface area contributed by atoms with Crippen molar-refractivity contribution in [3.05, 3.63) is 62.3 Å². The molecule has 0 spiro atoms. The lowest BCUT2D eigenvalue weighted by molar-refractivity contribution is 0.0993. The van der Waals surface area contributed by atoms with Crippen molar-refractivity contribution in [2.75, 3.05) is 0 Å². The topological polar surface area (TPSA) is 30.0 Å². The van der Waals surface area contributed by atoms with Crippen LogP contribution in [0.1, 0.15) is 15.9 Å². The monoisotopic (exact) mass is 343 g/mol. The first-order valence-electron chi connectivity index (χ1n) is 5.14. The van der Waals surface area contributed by atoms with Crippen LogP contribution in [0.5, 0.6) is 0 Å². The number of benzene rings is 1. The lowest BCUT2D eigenvalue weighted by Crippen LogP contribution is -2.04. The van der Waals surface area contributed by atoms with Crippen LogP contribution in [0.15, 0.2) is 41.1 Å². The summed E-state index contributed by atoms with van der Waals surface area (Å²) in [7, 11) is 0. The zero-order chi connectivity index (χ0) is 13.1. The molecule has 92 valence electrons. The molecule has 1 aromatic heterocycles. The molecule has 0 aliphatic heterocycles. The SMILES string of the molecule is O=C(Cc1ccncc1Cl)c1ccc(Cl)c(Br)c1. The zero-order valence-corrected chi connectivity index (χ0v) is 12.3.